The van der Waals surface area contributed by atoms with Crippen molar-refractivity contribution in [2.75, 3.05) is 6.54 Å². The second kappa shape index (κ2) is 6.95. The van der Waals surface area contributed by atoms with E-state index >= 15 is 0 Å². The highest BCUT2D eigenvalue weighted by molar-refractivity contribution is 7.14. The zero-order chi connectivity index (χ0) is 14.5. The maximum absolute atomic E-state index is 4.35. The lowest BCUT2D eigenvalue weighted by atomic mass is 10.0. The van der Waals surface area contributed by atoms with E-state index in [2.05, 4.69) is 61.4 Å². The second-order valence-corrected chi connectivity index (χ2v) is 6.52. The molecule has 0 radical (unpaired) electrons. The van der Waals surface area contributed by atoms with Gasteiger partial charge in [0.15, 0.2) is 0 Å². The Morgan fingerprint density at radius 1 is 1.20 bits per heavy atom. The fraction of sp³-hybridized carbons (Fsp3) is 0.500. The first-order valence-corrected chi connectivity index (χ1v) is 8.02. The first-order valence-electron chi connectivity index (χ1n) is 7.20. The molecular formula is C16H23N3S. The fourth-order valence-corrected chi connectivity index (χ4v) is 3.04. The highest BCUT2D eigenvalue weighted by Crippen LogP contribution is 2.28. The zero-order valence-electron chi connectivity index (χ0n) is 12.7. The van der Waals surface area contributed by atoms with Crippen molar-refractivity contribution in [2.24, 2.45) is 0 Å². The van der Waals surface area contributed by atoms with Gasteiger partial charge in [-0.15, -0.1) is 10.2 Å². The molecule has 1 aromatic carbocycles. The number of nitrogens with zero attached hydrogens (tertiary/aromatic N) is 2. The molecule has 0 fully saturated rings. The van der Waals surface area contributed by atoms with Crippen LogP contribution in [0.5, 0.6) is 0 Å². The normalized spacial score (nSPS) is 11.2. The van der Waals surface area contributed by atoms with Crippen LogP contribution in [0.25, 0.3) is 10.6 Å². The summed E-state index contributed by atoms with van der Waals surface area (Å²) in [5.74, 6) is 0. The van der Waals surface area contributed by atoms with E-state index < -0.39 is 0 Å². The molecule has 0 aliphatic carbocycles. The van der Waals surface area contributed by atoms with Crippen molar-refractivity contribution in [3.8, 4) is 10.6 Å². The molecule has 1 N–H and O–H groups in total. The van der Waals surface area contributed by atoms with Gasteiger partial charge < -0.3 is 5.32 Å². The molecule has 4 heteroatoms. The van der Waals surface area contributed by atoms with E-state index in [1.165, 1.54) is 16.7 Å². The lowest BCUT2D eigenvalue weighted by Gasteiger charge is -2.06. The summed E-state index contributed by atoms with van der Waals surface area (Å²) < 4.78 is 0. The van der Waals surface area contributed by atoms with Gasteiger partial charge >= 0.3 is 0 Å². The summed E-state index contributed by atoms with van der Waals surface area (Å²) in [6.45, 7) is 9.67. The second-order valence-electron chi connectivity index (χ2n) is 5.46. The number of hydrogen-bond acceptors (Lipinski definition) is 4. The molecule has 0 aliphatic heterocycles. The smallest absolute Gasteiger partial charge is 0.148 e. The molecule has 0 aliphatic rings. The first-order chi connectivity index (χ1) is 9.58. The van der Waals surface area contributed by atoms with Crippen molar-refractivity contribution in [2.45, 2.75) is 46.6 Å². The van der Waals surface area contributed by atoms with Crippen LogP contribution in [0.1, 0.15) is 36.4 Å². The van der Waals surface area contributed by atoms with E-state index in [-0.39, 0.29) is 0 Å². The van der Waals surface area contributed by atoms with Crippen LogP contribution in [-0.4, -0.2) is 22.8 Å². The largest absolute Gasteiger partial charge is 0.315 e. The Bertz CT molecular complexity index is 561. The third-order valence-corrected chi connectivity index (χ3v) is 4.44. The van der Waals surface area contributed by atoms with Crippen molar-refractivity contribution in [3.63, 3.8) is 0 Å². The average Bonchev–Trinajstić information content (AvgIpc) is 2.86. The van der Waals surface area contributed by atoms with E-state index in [9.17, 15) is 0 Å². The van der Waals surface area contributed by atoms with Crippen LogP contribution in [0.3, 0.4) is 0 Å². The Hall–Kier alpha value is -1.26. The Balaban J connectivity index is 2.00. The number of nitrogens with one attached hydrogen (secondary N) is 1. The fourth-order valence-electron chi connectivity index (χ4n) is 2.08. The van der Waals surface area contributed by atoms with Crippen LogP contribution >= 0.6 is 11.3 Å². The Morgan fingerprint density at radius 2 is 2.00 bits per heavy atom. The summed E-state index contributed by atoms with van der Waals surface area (Å²) in [6, 6.07) is 6.91. The molecule has 20 heavy (non-hydrogen) atoms. The highest BCUT2D eigenvalue weighted by atomic mass is 32.1. The van der Waals surface area contributed by atoms with Crippen molar-refractivity contribution in [3.05, 3.63) is 34.3 Å². The molecule has 0 saturated heterocycles. The molecule has 2 aromatic rings. The number of rotatable bonds is 6. The monoisotopic (exact) mass is 289 g/mol. The third kappa shape index (κ3) is 3.87. The molecule has 2 rings (SSSR count). The number of benzene rings is 1. The van der Waals surface area contributed by atoms with Crippen LogP contribution in [0.15, 0.2) is 18.2 Å². The van der Waals surface area contributed by atoms with Gasteiger partial charge in [-0.05, 0) is 37.9 Å². The van der Waals surface area contributed by atoms with Gasteiger partial charge in [-0.1, -0.05) is 43.4 Å². The Labute approximate surface area is 125 Å². The van der Waals surface area contributed by atoms with E-state index in [4.69, 9.17) is 0 Å². The Morgan fingerprint density at radius 3 is 2.75 bits per heavy atom. The lowest BCUT2D eigenvalue weighted by Crippen LogP contribution is -2.23. The average molecular weight is 289 g/mol. The minimum absolute atomic E-state index is 0.551. The maximum atomic E-state index is 4.35. The standard InChI is InChI=1S/C16H23N3S/c1-11(2)17-10-6-9-15-18-19-16(20-15)14-8-5-7-12(3)13(14)4/h5,7-8,11,17H,6,9-10H2,1-4H3. The molecule has 3 nitrogen and oxygen atoms in total. The molecule has 0 saturated carbocycles. The van der Waals surface area contributed by atoms with E-state index in [0.717, 1.165) is 29.4 Å². The maximum Gasteiger partial charge on any atom is 0.148 e. The van der Waals surface area contributed by atoms with Crippen molar-refractivity contribution in [1.29, 1.82) is 0 Å². The molecule has 1 heterocycles. The highest BCUT2D eigenvalue weighted by Gasteiger charge is 2.09. The summed E-state index contributed by atoms with van der Waals surface area (Å²) in [6.07, 6.45) is 2.11. The minimum atomic E-state index is 0.551. The van der Waals surface area contributed by atoms with Crippen LogP contribution in [0, 0.1) is 13.8 Å². The van der Waals surface area contributed by atoms with Gasteiger partial charge in [0.25, 0.3) is 0 Å². The molecule has 0 bridgehead atoms. The van der Waals surface area contributed by atoms with Gasteiger partial charge in [0, 0.05) is 18.0 Å². The van der Waals surface area contributed by atoms with Gasteiger partial charge in [0.1, 0.15) is 10.0 Å². The number of aryl methyl sites for hydroxylation is 2. The molecule has 108 valence electrons. The van der Waals surface area contributed by atoms with E-state index in [1.54, 1.807) is 11.3 Å². The number of aromatic nitrogens is 2. The molecule has 0 spiro atoms. The summed E-state index contributed by atoms with van der Waals surface area (Å²) in [7, 11) is 0. The molecule has 0 atom stereocenters. The van der Waals surface area contributed by atoms with Crippen molar-refractivity contribution < 1.29 is 0 Å². The van der Waals surface area contributed by atoms with Crippen LogP contribution in [0.2, 0.25) is 0 Å². The molecule has 0 amide bonds. The summed E-state index contributed by atoms with van der Waals surface area (Å²) >= 11 is 1.72. The predicted octanol–water partition coefficient (Wildman–Crippen LogP) is 3.75. The lowest BCUT2D eigenvalue weighted by molar-refractivity contribution is 0.569. The van der Waals surface area contributed by atoms with E-state index in [1.807, 2.05) is 0 Å². The van der Waals surface area contributed by atoms with Crippen LogP contribution in [-0.2, 0) is 6.42 Å². The van der Waals surface area contributed by atoms with Gasteiger partial charge in [-0.2, -0.15) is 0 Å². The molecular weight excluding hydrogens is 266 g/mol. The SMILES string of the molecule is Cc1cccc(-c2nnc(CCCNC(C)C)s2)c1C. The van der Waals surface area contributed by atoms with Crippen LogP contribution in [0.4, 0.5) is 0 Å². The predicted molar refractivity (Wildman–Crippen MR) is 86.3 cm³/mol. The quantitative estimate of drug-likeness (QED) is 0.823. The summed E-state index contributed by atoms with van der Waals surface area (Å²) in [5, 5.41) is 14.3. The van der Waals surface area contributed by atoms with Crippen LogP contribution < -0.4 is 5.32 Å². The van der Waals surface area contributed by atoms with Gasteiger partial charge in [0.05, 0.1) is 0 Å². The third-order valence-electron chi connectivity index (χ3n) is 3.42. The first kappa shape index (κ1) is 15.1. The summed E-state index contributed by atoms with van der Waals surface area (Å²) in [5.41, 5.74) is 3.83. The minimum Gasteiger partial charge on any atom is -0.315 e. The van der Waals surface area contributed by atoms with E-state index in [0.29, 0.717) is 6.04 Å². The van der Waals surface area contributed by atoms with Gasteiger partial charge in [0.2, 0.25) is 0 Å². The molecule has 1 aromatic heterocycles. The number of hydrogen-bond donors (Lipinski definition) is 1. The van der Waals surface area contributed by atoms with Crippen molar-refractivity contribution in [1.82, 2.24) is 15.5 Å². The zero-order valence-corrected chi connectivity index (χ0v) is 13.5. The molecule has 0 unspecified atom stereocenters. The van der Waals surface area contributed by atoms with Crippen molar-refractivity contribution >= 4 is 11.3 Å². The van der Waals surface area contributed by atoms with Gasteiger partial charge in [-0.25, -0.2) is 0 Å². The van der Waals surface area contributed by atoms with Gasteiger partial charge in [-0.3, -0.25) is 0 Å². The Kier molecular flexibility index (Phi) is 5.26. The summed E-state index contributed by atoms with van der Waals surface area (Å²) in [4.78, 5) is 0. The topological polar surface area (TPSA) is 37.8 Å².